The summed E-state index contributed by atoms with van der Waals surface area (Å²) in [6, 6.07) is 4.22. The number of para-hydroxylation sites is 2. The van der Waals surface area contributed by atoms with Crippen LogP contribution in [0.15, 0.2) is 24.3 Å². The summed E-state index contributed by atoms with van der Waals surface area (Å²) in [5.74, 6) is -0.303. The highest BCUT2D eigenvalue weighted by molar-refractivity contribution is 7.91. The fourth-order valence-corrected chi connectivity index (χ4v) is 4.60. The van der Waals surface area contributed by atoms with Gasteiger partial charge in [-0.1, -0.05) is 12.1 Å². The number of urea groups is 1. The molecule has 2 saturated heterocycles. The molecule has 0 aromatic heterocycles. The zero-order chi connectivity index (χ0) is 14.5. The molecule has 1 aromatic rings. The van der Waals surface area contributed by atoms with E-state index < -0.39 is 32.9 Å². The van der Waals surface area contributed by atoms with Crippen molar-refractivity contribution < 1.29 is 18.1 Å². The lowest BCUT2D eigenvalue weighted by Gasteiger charge is -2.20. The number of benzene rings is 1. The molecule has 1 N–H and O–H groups in total. The average molecular weight is 297 g/mol. The molecule has 1 aromatic carbocycles. The molecule has 106 valence electrons. The standard InChI is InChI=1S/C11H11N3O5S/c15-11-12-7-5-20(18,19)6-10(7)13(11)8-3-1-2-4-9(8)14(16)17/h1-4,7,10H,5-6H2,(H,12,15)/t7-,10-/m0/s1. The van der Waals surface area contributed by atoms with E-state index in [1.54, 1.807) is 6.07 Å². The van der Waals surface area contributed by atoms with E-state index in [9.17, 15) is 23.3 Å². The molecule has 2 atom stereocenters. The molecule has 20 heavy (non-hydrogen) atoms. The average Bonchev–Trinajstić information content (AvgIpc) is 2.79. The van der Waals surface area contributed by atoms with E-state index in [0.29, 0.717) is 0 Å². The Morgan fingerprint density at radius 2 is 2.00 bits per heavy atom. The summed E-state index contributed by atoms with van der Waals surface area (Å²) in [7, 11) is -3.23. The third-order valence-electron chi connectivity index (χ3n) is 3.52. The topological polar surface area (TPSA) is 110 Å². The van der Waals surface area contributed by atoms with Gasteiger partial charge < -0.3 is 5.32 Å². The number of rotatable bonds is 2. The number of carbonyl (C=O) groups excluding carboxylic acids is 1. The van der Waals surface area contributed by atoms with Crippen LogP contribution < -0.4 is 10.2 Å². The molecule has 9 heteroatoms. The Morgan fingerprint density at radius 3 is 2.70 bits per heavy atom. The number of anilines is 1. The predicted octanol–water partition coefficient (Wildman–Crippen LogP) is 0.290. The number of nitrogens with zero attached hydrogens (tertiary/aromatic N) is 2. The van der Waals surface area contributed by atoms with Crippen molar-refractivity contribution in [3.05, 3.63) is 34.4 Å². The fraction of sp³-hybridized carbons (Fsp3) is 0.364. The summed E-state index contributed by atoms with van der Waals surface area (Å²) in [4.78, 5) is 23.6. The first-order chi connectivity index (χ1) is 9.39. The van der Waals surface area contributed by atoms with Gasteiger partial charge in [-0.15, -0.1) is 0 Å². The molecular weight excluding hydrogens is 286 g/mol. The SMILES string of the molecule is O=C1N[C@H]2CS(=O)(=O)C[C@@H]2N1c1ccccc1[N+](=O)[O-]. The zero-order valence-electron chi connectivity index (χ0n) is 10.2. The zero-order valence-corrected chi connectivity index (χ0v) is 11.0. The quantitative estimate of drug-likeness (QED) is 0.479. The van der Waals surface area contributed by atoms with Crippen molar-refractivity contribution in [2.24, 2.45) is 0 Å². The Kier molecular flexibility index (Phi) is 2.68. The molecule has 0 aliphatic carbocycles. The van der Waals surface area contributed by atoms with Crippen LogP contribution in [-0.2, 0) is 9.84 Å². The van der Waals surface area contributed by atoms with Crippen molar-refractivity contribution in [1.29, 1.82) is 0 Å². The van der Waals surface area contributed by atoms with Gasteiger partial charge in [0.1, 0.15) is 5.69 Å². The number of nitro benzene ring substituents is 1. The minimum atomic E-state index is -3.23. The maximum atomic E-state index is 12.0. The molecule has 2 fully saturated rings. The summed E-state index contributed by atoms with van der Waals surface area (Å²) in [6.45, 7) is 0. The van der Waals surface area contributed by atoms with Crippen LogP contribution in [0.2, 0.25) is 0 Å². The highest BCUT2D eigenvalue weighted by Crippen LogP contribution is 2.35. The fourth-order valence-electron chi connectivity index (χ4n) is 2.71. The van der Waals surface area contributed by atoms with Gasteiger partial charge in [0.25, 0.3) is 5.69 Å². The van der Waals surface area contributed by atoms with E-state index in [0.717, 1.165) is 0 Å². The van der Waals surface area contributed by atoms with Crippen molar-refractivity contribution in [3.63, 3.8) is 0 Å². The van der Waals surface area contributed by atoms with Crippen LogP contribution in [-0.4, -0.2) is 43.0 Å². The van der Waals surface area contributed by atoms with Crippen LogP contribution in [0.5, 0.6) is 0 Å². The Bertz CT molecular complexity index is 702. The van der Waals surface area contributed by atoms with Crippen LogP contribution in [0.4, 0.5) is 16.2 Å². The lowest BCUT2D eigenvalue weighted by Crippen LogP contribution is -2.37. The second-order valence-corrected chi connectivity index (χ2v) is 6.97. The van der Waals surface area contributed by atoms with Crippen molar-refractivity contribution in [2.45, 2.75) is 12.1 Å². The van der Waals surface area contributed by atoms with Crippen LogP contribution in [0.3, 0.4) is 0 Å². The van der Waals surface area contributed by atoms with Crippen LogP contribution >= 0.6 is 0 Å². The Labute approximate surface area is 114 Å². The van der Waals surface area contributed by atoms with E-state index in [4.69, 9.17) is 0 Å². The third kappa shape index (κ3) is 1.90. The van der Waals surface area contributed by atoms with E-state index in [2.05, 4.69) is 5.32 Å². The van der Waals surface area contributed by atoms with Gasteiger partial charge in [0.2, 0.25) is 0 Å². The molecule has 8 nitrogen and oxygen atoms in total. The second-order valence-electron chi connectivity index (χ2n) is 4.82. The van der Waals surface area contributed by atoms with Crippen molar-refractivity contribution >= 4 is 27.2 Å². The lowest BCUT2D eigenvalue weighted by molar-refractivity contribution is -0.384. The Morgan fingerprint density at radius 1 is 1.30 bits per heavy atom. The minimum absolute atomic E-state index is 0.124. The highest BCUT2D eigenvalue weighted by atomic mass is 32.2. The first-order valence-electron chi connectivity index (χ1n) is 5.92. The summed E-state index contributed by atoms with van der Waals surface area (Å²) >= 11 is 0. The van der Waals surface area contributed by atoms with Crippen molar-refractivity contribution in [2.75, 3.05) is 16.4 Å². The number of fused-ring (bicyclic) bond motifs is 1. The summed E-state index contributed by atoms with van der Waals surface area (Å²) in [6.07, 6.45) is 0. The molecule has 2 heterocycles. The summed E-state index contributed by atoms with van der Waals surface area (Å²) in [5, 5.41) is 13.6. The number of hydrogen-bond donors (Lipinski definition) is 1. The molecule has 0 unspecified atom stereocenters. The second kappa shape index (κ2) is 4.17. The maximum absolute atomic E-state index is 12.0. The number of hydrogen-bond acceptors (Lipinski definition) is 5. The van der Waals surface area contributed by atoms with Crippen LogP contribution in [0, 0.1) is 10.1 Å². The van der Waals surface area contributed by atoms with Gasteiger partial charge in [-0.2, -0.15) is 0 Å². The Hall–Kier alpha value is -2.16. The Balaban J connectivity index is 2.06. The van der Waals surface area contributed by atoms with Gasteiger partial charge in [-0.05, 0) is 6.07 Å². The van der Waals surface area contributed by atoms with Gasteiger partial charge in [-0.3, -0.25) is 15.0 Å². The molecule has 3 rings (SSSR count). The minimum Gasteiger partial charge on any atom is -0.332 e. The number of carbonyl (C=O) groups is 1. The van der Waals surface area contributed by atoms with E-state index in [1.165, 1.54) is 23.1 Å². The van der Waals surface area contributed by atoms with Crippen LogP contribution in [0.1, 0.15) is 0 Å². The molecule has 2 aliphatic rings. The van der Waals surface area contributed by atoms with Gasteiger partial charge in [0.15, 0.2) is 9.84 Å². The molecule has 2 aliphatic heterocycles. The van der Waals surface area contributed by atoms with Gasteiger partial charge in [-0.25, -0.2) is 13.2 Å². The molecule has 2 amide bonds. The van der Waals surface area contributed by atoms with E-state index in [1.807, 2.05) is 0 Å². The van der Waals surface area contributed by atoms with Crippen molar-refractivity contribution in [3.8, 4) is 0 Å². The smallest absolute Gasteiger partial charge is 0.322 e. The third-order valence-corrected chi connectivity index (χ3v) is 5.24. The van der Waals surface area contributed by atoms with Crippen molar-refractivity contribution in [1.82, 2.24) is 5.32 Å². The monoisotopic (exact) mass is 297 g/mol. The van der Waals surface area contributed by atoms with Gasteiger partial charge >= 0.3 is 6.03 Å². The summed E-state index contributed by atoms with van der Waals surface area (Å²) < 4.78 is 23.3. The number of nitro groups is 1. The normalized spacial score (nSPS) is 27.2. The maximum Gasteiger partial charge on any atom is 0.322 e. The molecule has 0 radical (unpaired) electrons. The summed E-state index contributed by atoms with van der Waals surface area (Å²) in [5.41, 5.74) is -0.0906. The number of nitrogens with one attached hydrogen (secondary N) is 1. The van der Waals surface area contributed by atoms with E-state index in [-0.39, 0.29) is 22.9 Å². The number of amides is 2. The molecule has 0 saturated carbocycles. The molecule has 0 bridgehead atoms. The van der Waals surface area contributed by atoms with Gasteiger partial charge in [0.05, 0.1) is 28.5 Å². The largest absolute Gasteiger partial charge is 0.332 e. The lowest BCUT2D eigenvalue weighted by atomic mass is 10.1. The first kappa shape index (κ1) is 12.9. The molecular formula is C11H11N3O5S. The van der Waals surface area contributed by atoms with Gasteiger partial charge in [0, 0.05) is 6.07 Å². The highest BCUT2D eigenvalue weighted by Gasteiger charge is 2.50. The number of sulfone groups is 1. The first-order valence-corrected chi connectivity index (χ1v) is 7.75. The van der Waals surface area contributed by atoms with Crippen LogP contribution in [0.25, 0.3) is 0 Å². The van der Waals surface area contributed by atoms with E-state index >= 15 is 0 Å². The predicted molar refractivity (Wildman–Crippen MR) is 70.3 cm³/mol. The molecule has 0 spiro atoms.